The van der Waals surface area contributed by atoms with Crippen molar-refractivity contribution in [3.05, 3.63) is 24.3 Å². The molecule has 1 unspecified atom stereocenters. The minimum atomic E-state index is -3.15. The molecule has 0 radical (unpaired) electrons. The van der Waals surface area contributed by atoms with E-state index in [4.69, 9.17) is 0 Å². The number of hydrogen-bond donors (Lipinski definition) is 2. The summed E-state index contributed by atoms with van der Waals surface area (Å²) in [5.41, 5.74) is 0.0586. The quantitative estimate of drug-likeness (QED) is 0.831. The fourth-order valence-electron chi connectivity index (χ4n) is 1.74. The Kier molecular flexibility index (Phi) is 4.76. The summed E-state index contributed by atoms with van der Waals surface area (Å²) in [5.74, 6) is 0. The van der Waals surface area contributed by atoms with Gasteiger partial charge in [-0.1, -0.05) is 13.3 Å². The second-order valence-electron chi connectivity index (χ2n) is 4.90. The van der Waals surface area contributed by atoms with E-state index in [9.17, 15) is 13.5 Å². The van der Waals surface area contributed by atoms with Gasteiger partial charge in [-0.2, -0.15) is 0 Å². The third-order valence-electron chi connectivity index (χ3n) is 2.74. The molecule has 1 atom stereocenters. The lowest BCUT2D eigenvalue weighted by Gasteiger charge is -2.23. The van der Waals surface area contributed by atoms with Crippen LogP contribution in [0.4, 0.5) is 5.69 Å². The molecule has 0 spiro atoms. The van der Waals surface area contributed by atoms with Crippen LogP contribution in [-0.4, -0.2) is 31.9 Å². The smallest absolute Gasteiger partial charge is 0.175 e. The minimum Gasteiger partial charge on any atom is -0.388 e. The van der Waals surface area contributed by atoms with Gasteiger partial charge in [0.1, 0.15) is 0 Å². The van der Waals surface area contributed by atoms with Gasteiger partial charge >= 0.3 is 0 Å². The lowest BCUT2D eigenvalue weighted by molar-refractivity contribution is 0.0637. The van der Waals surface area contributed by atoms with Crippen molar-refractivity contribution in [2.24, 2.45) is 0 Å². The van der Waals surface area contributed by atoms with Crippen LogP contribution >= 0.6 is 0 Å². The monoisotopic (exact) mass is 271 g/mol. The zero-order valence-corrected chi connectivity index (χ0v) is 11.9. The van der Waals surface area contributed by atoms with Crippen LogP contribution in [0, 0.1) is 0 Å². The maximum Gasteiger partial charge on any atom is 0.175 e. The van der Waals surface area contributed by atoms with Crippen LogP contribution in [0.1, 0.15) is 26.7 Å². The van der Waals surface area contributed by atoms with E-state index in [1.165, 1.54) is 6.26 Å². The van der Waals surface area contributed by atoms with Crippen molar-refractivity contribution in [3.63, 3.8) is 0 Å². The molecule has 0 fully saturated rings. The highest BCUT2D eigenvalue weighted by molar-refractivity contribution is 7.90. The van der Waals surface area contributed by atoms with Crippen molar-refractivity contribution in [2.75, 3.05) is 18.1 Å². The average Bonchev–Trinajstić information content (AvgIpc) is 2.26. The molecule has 0 amide bonds. The maximum atomic E-state index is 11.3. The minimum absolute atomic E-state index is 0.299. The van der Waals surface area contributed by atoms with E-state index in [0.717, 1.165) is 18.5 Å². The fraction of sp³-hybridized carbons (Fsp3) is 0.538. The topological polar surface area (TPSA) is 66.4 Å². The molecule has 102 valence electrons. The fourth-order valence-corrected chi connectivity index (χ4v) is 2.37. The van der Waals surface area contributed by atoms with E-state index in [0.29, 0.717) is 11.4 Å². The van der Waals surface area contributed by atoms with E-state index < -0.39 is 15.4 Å². The standard InChI is InChI=1S/C13H21NO3S/c1-4-9-13(2,15)10-14-11-5-7-12(8-6-11)18(3,16)17/h5-8,14-15H,4,9-10H2,1-3H3. The average molecular weight is 271 g/mol. The van der Waals surface area contributed by atoms with E-state index in [-0.39, 0.29) is 0 Å². The first-order chi connectivity index (χ1) is 8.24. The number of nitrogens with one attached hydrogen (secondary N) is 1. The second kappa shape index (κ2) is 5.71. The molecule has 0 aliphatic rings. The molecule has 0 saturated heterocycles. The van der Waals surface area contributed by atoms with Crippen LogP contribution in [0.15, 0.2) is 29.2 Å². The normalized spacial score (nSPS) is 15.1. The summed E-state index contributed by atoms with van der Waals surface area (Å²) in [6.45, 7) is 4.25. The van der Waals surface area contributed by atoms with Gasteiger partial charge in [-0.3, -0.25) is 0 Å². The summed E-state index contributed by atoms with van der Waals surface area (Å²) in [6, 6.07) is 6.54. The van der Waals surface area contributed by atoms with Gasteiger partial charge in [-0.25, -0.2) is 8.42 Å². The molecule has 0 saturated carbocycles. The summed E-state index contributed by atoms with van der Waals surface area (Å²) in [4.78, 5) is 0.299. The van der Waals surface area contributed by atoms with Crippen molar-refractivity contribution in [3.8, 4) is 0 Å². The Morgan fingerprint density at radius 1 is 1.28 bits per heavy atom. The molecule has 4 nitrogen and oxygen atoms in total. The van der Waals surface area contributed by atoms with Gasteiger partial charge < -0.3 is 10.4 Å². The highest BCUT2D eigenvalue weighted by atomic mass is 32.2. The number of aliphatic hydroxyl groups is 1. The predicted molar refractivity (Wildman–Crippen MR) is 73.6 cm³/mol. The molecule has 1 rings (SSSR count). The molecule has 1 aromatic carbocycles. The lowest BCUT2D eigenvalue weighted by atomic mass is 10.0. The Hall–Kier alpha value is -1.07. The maximum absolute atomic E-state index is 11.3. The van der Waals surface area contributed by atoms with Crippen LogP contribution in [0.5, 0.6) is 0 Å². The van der Waals surface area contributed by atoms with Crippen LogP contribution in [-0.2, 0) is 9.84 Å². The second-order valence-corrected chi connectivity index (χ2v) is 6.91. The zero-order chi connectivity index (χ0) is 13.8. The SMILES string of the molecule is CCCC(C)(O)CNc1ccc(S(C)(=O)=O)cc1. The van der Waals surface area contributed by atoms with Gasteiger partial charge in [-0.15, -0.1) is 0 Å². The number of sulfone groups is 1. The summed E-state index contributed by atoms with van der Waals surface area (Å²) >= 11 is 0. The Labute approximate surface area is 109 Å². The molecular weight excluding hydrogens is 250 g/mol. The van der Waals surface area contributed by atoms with Crippen molar-refractivity contribution >= 4 is 15.5 Å². The highest BCUT2D eigenvalue weighted by Crippen LogP contribution is 2.16. The van der Waals surface area contributed by atoms with E-state index >= 15 is 0 Å². The molecule has 0 bridgehead atoms. The summed E-state index contributed by atoms with van der Waals surface area (Å²) in [7, 11) is -3.15. The summed E-state index contributed by atoms with van der Waals surface area (Å²) in [5, 5.41) is 13.1. The first-order valence-corrected chi connectivity index (χ1v) is 7.90. The summed E-state index contributed by atoms with van der Waals surface area (Å²) < 4.78 is 22.6. The molecule has 5 heteroatoms. The Morgan fingerprint density at radius 3 is 2.28 bits per heavy atom. The van der Waals surface area contributed by atoms with E-state index in [2.05, 4.69) is 5.32 Å². The molecular formula is C13H21NO3S. The van der Waals surface area contributed by atoms with Crippen molar-refractivity contribution in [1.82, 2.24) is 0 Å². The Balaban J connectivity index is 2.65. The predicted octanol–water partition coefficient (Wildman–Crippen LogP) is 2.05. The van der Waals surface area contributed by atoms with Crippen molar-refractivity contribution in [1.29, 1.82) is 0 Å². The number of rotatable bonds is 6. The Morgan fingerprint density at radius 2 is 1.83 bits per heavy atom. The zero-order valence-electron chi connectivity index (χ0n) is 11.1. The lowest BCUT2D eigenvalue weighted by Crippen LogP contribution is -2.33. The van der Waals surface area contributed by atoms with Gasteiger partial charge in [0.15, 0.2) is 9.84 Å². The summed E-state index contributed by atoms with van der Waals surface area (Å²) in [6.07, 6.45) is 2.82. The number of benzene rings is 1. The number of anilines is 1. The van der Waals surface area contributed by atoms with Crippen molar-refractivity contribution < 1.29 is 13.5 Å². The largest absolute Gasteiger partial charge is 0.388 e. The molecule has 18 heavy (non-hydrogen) atoms. The third-order valence-corrected chi connectivity index (χ3v) is 3.87. The first kappa shape index (κ1) is 15.0. The first-order valence-electron chi connectivity index (χ1n) is 6.01. The van der Waals surface area contributed by atoms with Gasteiger partial charge in [-0.05, 0) is 37.6 Å². The Bertz CT molecular complexity index is 477. The van der Waals surface area contributed by atoms with Gasteiger partial charge in [0.05, 0.1) is 10.5 Å². The number of hydrogen-bond acceptors (Lipinski definition) is 4. The van der Waals surface area contributed by atoms with Crippen molar-refractivity contribution in [2.45, 2.75) is 37.2 Å². The van der Waals surface area contributed by atoms with Crippen LogP contribution in [0.25, 0.3) is 0 Å². The van der Waals surface area contributed by atoms with Crippen LogP contribution in [0.2, 0.25) is 0 Å². The van der Waals surface area contributed by atoms with Gasteiger partial charge in [0.2, 0.25) is 0 Å². The van der Waals surface area contributed by atoms with E-state index in [1.54, 1.807) is 31.2 Å². The molecule has 2 N–H and O–H groups in total. The molecule has 0 aromatic heterocycles. The van der Waals surface area contributed by atoms with E-state index in [1.807, 2.05) is 6.92 Å². The molecule has 0 aliphatic heterocycles. The third kappa shape index (κ3) is 4.66. The molecule has 1 aromatic rings. The highest BCUT2D eigenvalue weighted by Gasteiger charge is 2.18. The molecule has 0 heterocycles. The van der Waals surface area contributed by atoms with Gasteiger partial charge in [0, 0.05) is 18.5 Å². The molecule has 0 aliphatic carbocycles. The van der Waals surface area contributed by atoms with Gasteiger partial charge in [0.25, 0.3) is 0 Å². The van der Waals surface area contributed by atoms with Crippen LogP contribution < -0.4 is 5.32 Å². The van der Waals surface area contributed by atoms with Crippen LogP contribution in [0.3, 0.4) is 0 Å².